The minimum atomic E-state index is -0.209. The van der Waals surface area contributed by atoms with Crippen LogP contribution in [0.1, 0.15) is 6.92 Å². The van der Waals surface area contributed by atoms with Crippen LogP contribution in [0, 0.1) is 5.82 Å². The first kappa shape index (κ1) is 14.5. The van der Waals surface area contributed by atoms with Gasteiger partial charge >= 0.3 is 51.4 Å². The second kappa shape index (κ2) is 8.82. The fraction of sp³-hybridized carbons (Fsp3) is 0.400. The summed E-state index contributed by atoms with van der Waals surface area (Å²) in [5, 5.41) is 7.11. The van der Waals surface area contributed by atoms with E-state index in [1.165, 1.54) is 6.07 Å². The Morgan fingerprint density at radius 2 is 2.07 bits per heavy atom. The molecule has 0 aromatic heterocycles. The standard InChI is InChI=1S/C10H14FN2.K/c1-2-12-7-8-13-10-6-4-3-5-9(10)11;/h3-6,13H,2,7-8H2,1H3;/q-1;+1. The summed E-state index contributed by atoms with van der Waals surface area (Å²) in [5.74, 6) is -0.209. The number of halogens is 1. The summed E-state index contributed by atoms with van der Waals surface area (Å²) < 4.78 is 13.0. The first-order chi connectivity index (χ1) is 6.34. The summed E-state index contributed by atoms with van der Waals surface area (Å²) >= 11 is 0. The zero-order chi connectivity index (χ0) is 9.52. The van der Waals surface area contributed by atoms with Gasteiger partial charge in [-0.25, -0.2) is 4.39 Å². The van der Waals surface area contributed by atoms with Gasteiger partial charge in [-0.15, -0.1) is 6.54 Å². The van der Waals surface area contributed by atoms with Crippen molar-refractivity contribution >= 4 is 5.69 Å². The molecule has 1 aromatic carbocycles. The van der Waals surface area contributed by atoms with Gasteiger partial charge in [0.15, 0.2) is 0 Å². The first-order valence-electron chi connectivity index (χ1n) is 4.46. The number of anilines is 1. The Morgan fingerprint density at radius 3 is 2.71 bits per heavy atom. The van der Waals surface area contributed by atoms with Crippen LogP contribution in [0.4, 0.5) is 10.1 Å². The molecule has 0 unspecified atom stereocenters. The van der Waals surface area contributed by atoms with Crippen LogP contribution in [0.15, 0.2) is 24.3 Å². The van der Waals surface area contributed by atoms with Crippen molar-refractivity contribution in [2.24, 2.45) is 0 Å². The molecule has 0 bridgehead atoms. The molecule has 0 aliphatic carbocycles. The van der Waals surface area contributed by atoms with Crippen molar-refractivity contribution in [2.45, 2.75) is 6.92 Å². The van der Waals surface area contributed by atoms with E-state index in [4.69, 9.17) is 0 Å². The Bertz CT molecular complexity index is 256. The number of rotatable bonds is 5. The van der Waals surface area contributed by atoms with Crippen molar-refractivity contribution in [3.63, 3.8) is 0 Å². The molecule has 0 saturated heterocycles. The van der Waals surface area contributed by atoms with Crippen LogP contribution >= 0.6 is 0 Å². The summed E-state index contributed by atoms with van der Waals surface area (Å²) in [6.45, 7) is 4.22. The Morgan fingerprint density at radius 1 is 1.36 bits per heavy atom. The molecule has 0 heterocycles. The third-order valence-electron chi connectivity index (χ3n) is 1.68. The van der Waals surface area contributed by atoms with Gasteiger partial charge in [0, 0.05) is 0 Å². The van der Waals surface area contributed by atoms with Crippen molar-refractivity contribution in [3.8, 4) is 0 Å². The summed E-state index contributed by atoms with van der Waals surface area (Å²) in [4.78, 5) is 0. The number of hydrogen-bond acceptors (Lipinski definition) is 1. The molecule has 1 N–H and O–H groups in total. The third-order valence-corrected chi connectivity index (χ3v) is 1.68. The molecule has 0 aliphatic rings. The number of para-hydroxylation sites is 1. The van der Waals surface area contributed by atoms with Crippen LogP contribution in [0.5, 0.6) is 0 Å². The molecule has 1 aromatic rings. The summed E-state index contributed by atoms with van der Waals surface area (Å²) in [6, 6.07) is 6.65. The van der Waals surface area contributed by atoms with E-state index in [9.17, 15) is 4.39 Å². The van der Waals surface area contributed by atoms with Gasteiger partial charge in [0.2, 0.25) is 0 Å². The van der Waals surface area contributed by atoms with E-state index >= 15 is 0 Å². The number of benzene rings is 1. The third kappa shape index (κ3) is 5.43. The van der Waals surface area contributed by atoms with Crippen molar-refractivity contribution in [1.82, 2.24) is 0 Å². The van der Waals surface area contributed by atoms with E-state index in [0.29, 0.717) is 12.2 Å². The molecule has 4 heteroatoms. The number of likely N-dealkylation sites (N-methyl/N-ethyl adjacent to an activating group) is 1. The maximum absolute atomic E-state index is 13.0. The molecule has 2 nitrogen and oxygen atoms in total. The number of hydrogen-bond donors (Lipinski definition) is 1. The van der Waals surface area contributed by atoms with Crippen molar-refractivity contribution < 1.29 is 55.8 Å². The van der Waals surface area contributed by atoms with Gasteiger partial charge in [0.05, 0.1) is 5.69 Å². The molecule has 0 aliphatic heterocycles. The Labute approximate surface area is 127 Å². The van der Waals surface area contributed by atoms with E-state index in [2.05, 4.69) is 10.6 Å². The van der Waals surface area contributed by atoms with Gasteiger partial charge in [0.25, 0.3) is 0 Å². The summed E-state index contributed by atoms with van der Waals surface area (Å²) in [5.41, 5.74) is 0.550. The second-order valence-electron chi connectivity index (χ2n) is 2.67. The predicted octanol–water partition coefficient (Wildman–Crippen LogP) is -0.365. The van der Waals surface area contributed by atoms with Gasteiger partial charge in [0.1, 0.15) is 5.82 Å². The normalized spacial score (nSPS) is 9.29. The molecule has 14 heavy (non-hydrogen) atoms. The van der Waals surface area contributed by atoms with Crippen LogP contribution in [-0.4, -0.2) is 19.6 Å². The minimum Gasteiger partial charge on any atom is -0.661 e. The van der Waals surface area contributed by atoms with E-state index < -0.39 is 0 Å². The number of nitrogens with zero attached hydrogens (tertiary/aromatic N) is 1. The second-order valence-corrected chi connectivity index (χ2v) is 2.67. The van der Waals surface area contributed by atoms with Crippen LogP contribution < -0.4 is 56.7 Å². The maximum Gasteiger partial charge on any atom is 1.00 e. The molecule has 0 spiro atoms. The largest absolute Gasteiger partial charge is 1.00 e. The van der Waals surface area contributed by atoms with Gasteiger partial charge in [-0.1, -0.05) is 19.1 Å². The van der Waals surface area contributed by atoms with E-state index in [-0.39, 0.29) is 57.2 Å². The zero-order valence-corrected chi connectivity index (χ0v) is 11.9. The van der Waals surface area contributed by atoms with Crippen molar-refractivity contribution in [3.05, 3.63) is 35.4 Å². The molecule has 72 valence electrons. The van der Waals surface area contributed by atoms with Gasteiger partial charge < -0.3 is 10.6 Å². The van der Waals surface area contributed by atoms with Gasteiger partial charge in [-0.05, 0) is 18.7 Å². The van der Waals surface area contributed by atoms with E-state index in [1.807, 2.05) is 13.0 Å². The summed E-state index contributed by atoms with van der Waals surface area (Å²) in [6.07, 6.45) is 0. The Kier molecular flexibility index (Phi) is 9.17. The van der Waals surface area contributed by atoms with Crippen LogP contribution in [0.2, 0.25) is 0 Å². The van der Waals surface area contributed by atoms with E-state index in [0.717, 1.165) is 13.1 Å². The Balaban J connectivity index is 0.00000169. The average molecular weight is 220 g/mol. The van der Waals surface area contributed by atoms with Crippen molar-refractivity contribution in [1.29, 1.82) is 0 Å². The SMILES string of the molecule is CC[N-]CCNc1ccccc1F.[K+]. The van der Waals surface area contributed by atoms with Crippen LogP contribution in [-0.2, 0) is 0 Å². The molecule has 0 radical (unpaired) electrons. The van der Waals surface area contributed by atoms with E-state index in [1.54, 1.807) is 12.1 Å². The molecule has 0 amide bonds. The molecular weight excluding hydrogens is 206 g/mol. The molecule has 0 saturated carbocycles. The fourth-order valence-electron chi connectivity index (χ4n) is 1.03. The zero-order valence-electron chi connectivity index (χ0n) is 8.76. The topological polar surface area (TPSA) is 26.1 Å². The van der Waals surface area contributed by atoms with Crippen molar-refractivity contribution in [2.75, 3.05) is 25.0 Å². The van der Waals surface area contributed by atoms with Gasteiger partial charge in [-0.2, -0.15) is 6.54 Å². The minimum absolute atomic E-state index is 0. The molecule has 0 atom stereocenters. The van der Waals surface area contributed by atoms with Gasteiger partial charge in [-0.3, -0.25) is 0 Å². The van der Waals surface area contributed by atoms with Crippen LogP contribution in [0.3, 0.4) is 0 Å². The maximum atomic E-state index is 13.0. The first-order valence-corrected chi connectivity index (χ1v) is 4.46. The monoisotopic (exact) mass is 220 g/mol. The quantitative estimate of drug-likeness (QED) is 0.532. The molecular formula is C10H14FKN2. The molecule has 1 rings (SSSR count). The van der Waals surface area contributed by atoms with Crippen LogP contribution in [0.25, 0.3) is 5.32 Å². The predicted molar refractivity (Wildman–Crippen MR) is 53.7 cm³/mol. The Hall–Kier alpha value is 0.546. The number of nitrogens with one attached hydrogen (secondary N) is 1. The summed E-state index contributed by atoms with van der Waals surface area (Å²) in [7, 11) is 0. The fourth-order valence-corrected chi connectivity index (χ4v) is 1.03. The smallest absolute Gasteiger partial charge is 0.661 e. The molecule has 0 fully saturated rings. The average Bonchev–Trinajstić information content (AvgIpc) is 2.15.